The molecule has 1 fully saturated rings. The molecule has 1 amide bonds. The zero-order chi connectivity index (χ0) is 13.3. The SMILES string of the molecule is Cc1cc(C)c(N2C(=O)COCC2CO)c(C)c1. The number of rotatable bonds is 2. The first-order valence-corrected chi connectivity index (χ1v) is 6.13. The zero-order valence-corrected chi connectivity index (χ0v) is 11.1. The van der Waals surface area contributed by atoms with E-state index in [1.807, 2.05) is 20.8 Å². The van der Waals surface area contributed by atoms with Gasteiger partial charge in [-0.1, -0.05) is 17.7 Å². The van der Waals surface area contributed by atoms with Gasteiger partial charge < -0.3 is 14.7 Å². The summed E-state index contributed by atoms with van der Waals surface area (Å²) in [7, 11) is 0. The van der Waals surface area contributed by atoms with Crippen molar-refractivity contribution < 1.29 is 14.6 Å². The topological polar surface area (TPSA) is 49.8 Å². The van der Waals surface area contributed by atoms with E-state index >= 15 is 0 Å². The molecule has 1 aliphatic rings. The van der Waals surface area contributed by atoms with Crippen molar-refractivity contribution in [2.24, 2.45) is 0 Å². The Morgan fingerprint density at radius 3 is 2.50 bits per heavy atom. The molecule has 4 heteroatoms. The molecular formula is C14H19NO3. The lowest BCUT2D eigenvalue weighted by atomic mass is 10.0. The van der Waals surface area contributed by atoms with Gasteiger partial charge in [0.1, 0.15) is 6.61 Å². The Morgan fingerprint density at radius 2 is 1.94 bits per heavy atom. The lowest BCUT2D eigenvalue weighted by Crippen LogP contribution is -2.52. The molecule has 1 aromatic carbocycles. The second kappa shape index (κ2) is 5.08. The average molecular weight is 249 g/mol. The predicted octanol–water partition coefficient (Wildman–Crippen LogP) is 1.34. The maximum absolute atomic E-state index is 12.0. The van der Waals surface area contributed by atoms with Crippen molar-refractivity contribution in [2.75, 3.05) is 24.7 Å². The number of aryl methyl sites for hydroxylation is 3. The van der Waals surface area contributed by atoms with E-state index in [-0.39, 0.29) is 25.2 Å². The highest BCUT2D eigenvalue weighted by Crippen LogP contribution is 2.29. The Balaban J connectivity index is 2.48. The molecule has 4 nitrogen and oxygen atoms in total. The third kappa shape index (κ3) is 2.26. The lowest BCUT2D eigenvalue weighted by Gasteiger charge is -2.36. The maximum Gasteiger partial charge on any atom is 0.253 e. The molecule has 98 valence electrons. The molecule has 0 aromatic heterocycles. The number of ether oxygens (including phenoxy) is 1. The van der Waals surface area contributed by atoms with Crippen LogP contribution in [0, 0.1) is 20.8 Å². The van der Waals surface area contributed by atoms with Crippen LogP contribution in [0.15, 0.2) is 12.1 Å². The summed E-state index contributed by atoms with van der Waals surface area (Å²) in [6, 6.07) is 3.82. The highest BCUT2D eigenvalue weighted by Gasteiger charge is 2.31. The fourth-order valence-corrected chi connectivity index (χ4v) is 2.62. The van der Waals surface area contributed by atoms with Gasteiger partial charge in [-0.05, 0) is 31.9 Å². The Kier molecular flexibility index (Phi) is 3.68. The van der Waals surface area contributed by atoms with Crippen molar-refractivity contribution in [2.45, 2.75) is 26.8 Å². The van der Waals surface area contributed by atoms with E-state index in [9.17, 15) is 9.90 Å². The number of carbonyl (C=O) groups excluding carboxylic acids is 1. The first-order chi connectivity index (χ1) is 8.54. The number of hydrogen-bond acceptors (Lipinski definition) is 3. The largest absolute Gasteiger partial charge is 0.394 e. The summed E-state index contributed by atoms with van der Waals surface area (Å²) in [5, 5.41) is 9.40. The van der Waals surface area contributed by atoms with Crippen LogP contribution in [0.4, 0.5) is 5.69 Å². The lowest BCUT2D eigenvalue weighted by molar-refractivity contribution is -0.128. The fourth-order valence-electron chi connectivity index (χ4n) is 2.62. The van der Waals surface area contributed by atoms with Crippen molar-refractivity contribution >= 4 is 11.6 Å². The molecule has 1 unspecified atom stereocenters. The Bertz CT molecular complexity index is 447. The van der Waals surface area contributed by atoms with E-state index in [1.165, 1.54) is 5.56 Å². The molecule has 2 rings (SSSR count). The molecule has 0 saturated carbocycles. The standard InChI is InChI=1S/C14H19NO3/c1-9-4-10(2)14(11(3)5-9)15-12(6-16)7-18-8-13(15)17/h4-5,12,16H,6-8H2,1-3H3. The summed E-state index contributed by atoms with van der Waals surface area (Å²) >= 11 is 0. The van der Waals surface area contributed by atoms with E-state index in [0.29, 0.717) is 6.61 Å². The first-order valence-electron chi connectivity index (χ1n) is 6.13. The molecule has 1 aromatic rings. The van der Waals surface area contributed by atoms with E-state index in [0.717, 1.165) is 16.8 Å². The van der Waals surface area contributed by atoms with Crippen LogP contribution >= 0.6 is 0 Å². The van der Waals surface area contributed by atoms with E-state index < -0.39 is 0 Å². The highest BCUT2D eigenvalue weighted by molar-refractivity contribution is 5.97. The van der Waals surface area contributed by atoms with Crippen LogP contribution in [-0.4, -0.2) is 36.9 Å². The van der Waals surface area contributed by atoms with Crippen molar-refractivity contribution in [1.29, 1.82) is 0 Å². The molecule has 0 aliphatic carbocycles. The van der Waals surface area contributed by atoms with E-state index in [1.54, 1.807) is 4.90 Å². The fraction of sp³-hybridized carbons (Fsp3) is 0.500. The Morgan fingerprint density at radius 1 is 1.33 bits per heavy atom. The second-order valence-electron chi connectivity index (χ2n) is 4.86. The number of carbonyl (C=O) groups is 1. The number of aliphatic hydroxyl groups is 1. The second-order valence-corrected chi connectivity index (χ2v) is 4.86. The van der Waals surface area contributed by atoms with Gasteiger partial charge in [0.2, 0.25) is 0 Å². The molecule has 1 saturated heterocycles. The van der Waals surface area contributed by atoms with Crippen LogP contribution in [0.3, 0.4) is 0 Å². The summed E-state index contributed by atoms with van der Waals surface area (Å²) in [5.74, 6) is -0.0876. The van der Waals surface area contributed by atoms with Gasteiger partial charge in [0.15, 0.2) is 0 Å². The number of benzene rings is 1. The minimum atomic E-state index is -0.286. The van der Waals surface area contributed by atoms with Crippen LogP contribution in [0.5, 0.6) is 0 Å². The number of anilines is 1. The van der Waals surface area contributed by atoms with Crippen LogP contribution in [0.1, 0.15) is 16.7 Å². The number of nitrogens with zero attached hydrogens (tertiary/aromatic N) is 1. The van der Waals surface area contributed by atoms with Gasteiger partial charge in [-0.25, -0.2) is 0 Å². The van der Waals surface area contributed by atoms with E-state index in [4.69, 9.17) is 4.74 Å². The summed E-state index contributed by atoms with van der Waals surface area (Å²) < 4.78 is 5.19. The van der Waals surface area contributed by atoms with Gasteiger partial charge in [-0.15, -0.1) is 0 Å². The summed E-state index contributed by atoms with van der Waals surface area (Å²) in [6.07, 6.45) is 0. The zero-order valence-electron chi connectivity index (χ0n) is 11.1. The van der Waals surface area contributed by atoms with Gasteiger partial charge in [-0.2, -0.15) is 0 Å². The van der Waals surface area contributed by atoms with Gasteiger partial charge in [-0.3, -0.25) is 4.79 Å². The average Bonchev–Trinajstić information content (AvgIpc) is 2.29. The molecule has 0 bridgehead atoms. The van der Waals surface area contributed by atoms with Gasteiger partial charge >= 0.3 is 0 Å². The molecule has 1 N–H and O–H groups in total. The highest BCUT2D eigenvalue weighted by atomic mass is 16.5. The molecular weight excluding hydrogens is 230 g/mol. The molecule has 18 heavy (non-hydrogen) atoms. The quantitative estimate of drug-likeness (QED) is 0.860. The number of aliphatic hydroxyl groups excluding tert-OH is 1. The summed E-state index contributed by atoms with van der Waals surface area (Å²) in [5.41, 5.74) is 4.20. The monoisotopic (exact) mass is 249 g/mol. The molecule has 1 heterocycles. The van der Waals surface area contributed by atoms with Crippen LogP contribution in [0.25, 0.3) is 0 Å². The van der Waals surface area contributed by atoms with Gasteiger partial charge in [0.05, 0.1) is 24.9 Å². The molecule has 1 aliphatic heterocycles. The van der Waals surface area contributed by atoms with Crippen molar-refractivity contribution in [3.63, 3.8) is 0 Å². The molecule has 1 atom stereocenters. The van der Waals surface area contributed by atoms with Crippen molar-refractivity contribution in [1.82, 2.24) is 0 Å². The van der Waals surface area contributed by atoms with Crippen molar-refractivity contribution in [3.05, 3.63) is 28.8 Å². The normalized spacial score (nSPS) is 20.3. The third-order valence-corrected chi connectivity index (χ3v) is 3.26. The molecule has 0 radical (unpaired) electrons. The minimum Gasteiger partial charge on any atom is -0.394 e. The Hall–Kier alpha value is -1.39. The summed E-state index contributed by atoms with van der Waals surface area (Å²) in [6.45, 7) is 6.41. The minimum absolute atomic E-state index is 0.0848. The van der Waals surface area contributed by atoms with Crippen LogP contribution in [-0.2, 0) is 9.53 Å². The smallest absolute Gasteiger partial charge is 0.253 e. The first kappa shape index (κ1) is 13.1. The van der Waals surface area contributed by atoms with E-state index in [2.05, 4.69) is 12.1 Å². The molecule has 0 spiro atoms. The van der Waals surface area contributed by atoms with Gasteiger partial charge in [0.25, 0.3) is 5.91 Å². The summed E-state index contributed by atoms with van der Waals surface area (Å²) in [4.78, 5) is 13.7. The van der Waals surface area contributed by atoms with Crippen LogP contribution < -0.4 is 4.90 Å². The van der Waals surface area contributed by atoms with Crippen molar-refractivity contribution in [3.8, 4) is 0 Å². The number of hydrogen-bond donors (Lipinski definition) is 1. The van der Waals surface area contributed by atoms with Crippen LogP contribution in [0.2, 0.25) is 0 Å². The third-order valence-electron chi connectivity index (χ3n) is 3.26. The maximum atomic E-state index is 12.0. The number of amides is 1. The van der Waals surface area contributed by atoms with Gasteiger partial charge in [0, 0.05) is 0 Å². The Labute approximate surface area is 107 Å². The predicted molar refractivity (Wildman–Crippen MR) is 69.8 cm³/mol. The number of morpholine rings is 1.